The molecule has 1 heterocycles. The second-order valence-electron chi connectivity index (χ2n) is 6.81. The zero-order chi connectivity index (χ0) is 22.5. The fourth-order valence-electron chi connectivity index (χ4n) is 2.62. The van der Waals surface area contributed by atoms with Crippen LogP contribution in [0.3, 0.4) is 0 Å². The first kappa shape index (κ1) is 26.9. The summed E-state index contributed by atoms with van der Waals surface area (Å²) in [6, 6.07) is 11.1. The van der Waals surface area contributed by atoms with Crippen LogP contribution in [0.4, 0.5) is 0 Å². The lowest BCUT2D eigenvalue weighted by atomic mass is 9.82. The van der Waals surface area contributed by atoms with Crippen LogP contribution in [0, 0.1) is 0 Å². The van der Waals surface area contributed by atoms with Crippen molar-refractivity contribution >= 4 is 9.84 Å². The van der Waals surface area contributed by atoms with Crippen molar-refractivity contribution in [3.8, 4) is 0 Å². The minimum absolute atomic E-state index is 0.0173. The average Bonchev–Trinajstić information content (AvgIpc) is 2.72. The third-order valence-electron chi connectivity index (χ3n) is 4.34. The molecule has 7 heteroatoms. The predicted molar refractivity (Wildman–Crippen MR) is 121 cm³/mol. The summed E-state index contributed by atoms with van der Waals surface area (Å²) in [5.74, 6) is 0.124. The molecule has 2 rings (SSSR count). The highest BCUT2D eigenvalue weighted by Gasteiger charge is 2.23. The van der Waals surface area contributed by atoms with Gasteiger partial charge in [-0.25, -0.2) is 13.2 Å². The number of aryl methyl sites for hydroxylation is 1. The third kappa shape index (κ3) is 9.74. The Kier molecular flexibility index (Phi) is 12.2. The van der Waals surface area contributed by atoms with Gasteiger partial charge in [-0.3, -0.25) is 9.78 Å². The Morgan fingerprint density at radius 1 is 0.931 bits per heavy atom. The van der Waals surface area contributed by atoms with Gasteiger partial charge < -0.3 is 4.57 Å². The third-order valence-corrected chi connectivity index (χ3v) is 6.08. The van der Waals surface area contributed by atoms with E-state index in [0.29, 0.717) is 12.8 Å². The molecular formula is C22H36N2O4S. The lowest BCUT2D eigenvalue weighted by Crippen LogP contribution is -2.29. The van der Waals surface area contributed by atoms with E-state index in [1.54, 1.807) is 0 Å². The van der Waals surface area contributed by atoms with Gasteiger partial charge in [0.1, 0.15) is 9.84 Å². The van der Waals surface area contributed by atoms with E-state index in [1.807, 2.05) is 71.9 Å². The van der Waals surface area contributed by atoms with Gasteiger partial charge in [-0.2, -0.15) is 0 Å². The summed E-state index contributed by atoms with van der Waals surface area (Å²) in [4.78, 5) is 24.7. The topological polar surface area (TPSA) is 89.0 Å². The van der Waals surface area contributed by atoms with Crippen LogP contribution < -0.4 is 11.2 Å². The van der Waals surface area contributed by atoms with E-state index in [-0.39, 0.29) is 23.5 Å². The number of hydrogen-bond acceptors (Lipinski definition) is 4. The Balaban J connectivity index is 0.00000184. The summed E-state index contributed by atoms with van der Waals surface area (Å²) < 4.78 is 25.9. The fourth-order valence-corrected chi connectivity index (χ4v) is 4.22. The number of aromatic nitrogens is 2. The van der Waals surface area contributed by atoms with Crippen molar-refractivity contribution in [2.45, 2.75) is 66.3 Å². The molecule has 0 saturated carbocycles. The molecule has 0 unspecified atom stereocenters. The van der Waals surface area contributed by atoms with Gasteiger partial charge in [0, 0.05) is 18.8 Å². The smallest absolute Gasteiger partial charge is 0.301 e. The van der Waals surface area contributed by atoms with Gasteiger partial charge in [0.2, 0.25) is 0 Å². The molecule has 0 atom stereocenters. The first-order valence-corrected chi connectivity index (χ1v) is 12.1. The lowest BCUT2D eigenvalue weighted by Gasteiger charge is -2.25. The van der Waals surface area contributed by atoms with Gasteiger partial charge in [-0.1, -0.05) is 71.9 Å². The standard InChI is InChI=1S/C18H24N2O4S.2C2H6/c1-18(2,15-7-4-3-5-8-15)10-14-25(23,24)13-6-11-20-12-9-16(21)19-17(20)22;2*1-2/h3-5,7-9,12H,6,10-11,13-14H2,1-2H3,(H,19,21,22);2*1-2H3. The highest BCUT2D eigenvalue weighted by atomic mass is 32.2. The van der Waals surface area contributed by atoms with Gasteiger partial charge in [-0.05, 0) is 23.8 Å². The summed E-state index contributed by atoms with van der Waals surface area (Å²) in [6.07, 6.45) is 2.25. The van der Waals surface area contributed by atoms with Crippen molar-refractivity contribution in [2.24, 2.45) is 0 Å². The zero-order valence-corrected chi connectivity index (χ0v) is 19.4. The SMILES string of the molecule is CC.CC.CC(C)(CCS(=O)(=O)CCCn1ccc(=O)[nH]c1=O)c1ccccc1. The van der Waals surface area contributed by atoms with Crippen LogP contribution in [0.5, 0.6) is 0 Å². The molecule has 2 aromatic rings. The fraction of sp³-hybridized carbons (Fsp3) is 0.545. The van der Waals surface area contributed by atoms with Gasteiger partial charge >= 0.3 is 5.69 Å². The molecule has 0 radical (unpaired) electrons. The van der Waals surface area contributed by atoms with E-state index in [0.717, 1.165) is 5.56 Å². The summed E-state index contributed by atoms with van der Waals surface area (Å²) in [6.45, 7) is 12.3. The van der Waals surface area contributed by atoms with Gasteiger partial charge in [0.05, 0.1) is 11.5 Å². The molecule has 1 aromatic heterocycles. The van der Waals surface area contributed by atoms with Gasteiger partial charge in [0.15, 0.2) is 0 Å². The second-order valence-corrected chi connectivity index (χ2v) is 9.11. The normalized spacial score (nSPS) is 11.0. The van der Waals surface area contributed by atoms with Crippen LogP contribution in [-0.4, -0.2) is 29.5 Å². The second kappa shape index (κ2) is 13.1. The first-order valence-electron chi connectivity index (χ1n) is 10.3. The zero-order valence-electron chi connectivity index (χ0n) is 18.6. The number of benzene rings is 1. The van der Waals surface area contributed by atoms with E-state index in [9.17, 15) is 18.0 Å². The minimum Gasteiger partial charge on any atom is -0.301 e. The molecule has 0 saturated heterocycles. The molecule has 0 aliphatic carbocycles. The summed E-state index contributed by atoms with van der Waals surface area (Å²) in [5.41, 5.74) is -0.0819. The number of sulfone groups is 1. The summed E-state index contributed by atoms with van der Waals surface area (Å²) in [5, 5.41) is 0. The van der Waals surface area contributed by atoms with Crippen LogP contribution in [0.15, 0.2) is 52.2 Å². The Morgan fingerprint density at radius 2 is 1.52 bits per heavy atom. The summed E-state index contributed by atoms with van der Waals surface area (Å²) >= 11 is 0. The van der Waals surface area contributed by atoms with Crippen molar-refractivity contribution in [3.05, 3.63) is 69.0 Å². The molecule has 0 aliphatic heterocycles. The largest absolute Gasteiger partial charge is 0.328 e. The van der Waals surface area contributed by atoms with E-state index < -0.39 is 21.1 Å². The number of nitrogens with zero attached hydrogens (tertiary/aromatic N) is 1. The molecule has 6 nitrogen and oxygen atoms in total. The maximum Gasteiger partial charge on any atom is 0.328 e. The van der Waals surface area contributed by atoms with Crippen LogP contribution >= 0.6 is 0 Å². The highest BCUT2D eigenvalue weighted by molar-refractivity contribution is 7.91. The van der Waals surface area contributed by atoms with E-state index in [2.05, 4.69) is 4.98 Å². The van der Waals surface area contributed by atoms with E-state index in [1.165, 1.54) is 16.8 Å². The Bertz CT molecular complexity index is 914. The first-order chi connectivity index (χ1) is 13.7. The van der Waals surface area contributed by atoms with E-state index in [4.69, 9.17) is 0 Å². The van der Waals surface area contributed by atoms with Crippen LogP contribution in [0.25, 0.3) is 0 Å². The average molecular weight is 425 g/mol. The minimum atomic E-state index is -3.20. The van der Waals surface area contributed by atoms with Gasteiger partial charge in [0.25, 0.3) is 5.56 Å². The maximum absolute atomic E-state index is 12.3. The van der Waals surface area contributed by atoms with Gasteiger partial charge in [-0.15, -0.1) is 0 Å². The monoisotopic (exact) mass is 424 g/mol. The van der Waals surface area contributed by atoms with Crippen molar-refractivity contribution in [2.75, 3.05) is 11.5 Å². The molecule has 0 spiro atoms. The molecule has 1 aromatic carbocycles. The molecule has 164 valence electrons. The maximum atomic E-state index is 12.3. The number of rotatable bonds is 8. The van der Waals surface area contributed by atoms with Crippen LogP contribution in [-0.2, 0) is 21.8 Å². The lowest BCUT2D eigenvalue weighted by molar-refractivity contribution is 0.498. The van der Waals surface area contributed by atoms with Crippen molar-refractivity contribution < 1.29 is 8.42 Å². The number of H-pyrrole nitrogens is 1. The Morgan fingerprint density at radius 3 is 2.07 bits per heavy atom. The quantitative estimate of drug-likeness (QED) is 0.699. The van der Waals surface area contributed by atoms with Crippen LogP contribution in [0.2, 0.25) is 0 Å². The summed E-state index contributed by atoms with van der Waals surface area (Å²) in [7, 11) is -3.20. The predicted octanol–water partition coefficient (Wildman–Crippen LogP) is 3.76. The van der Waals surface area contributed by atoms with Crippen molar-refractivity contribution in [3.63, 3.8) is 0 Å². The molecule has 0 fully saturated rings. The van der Waals surface area contributed by atoms with E-state index >= 15 is 0 Å². The Hall–Kier alpha value is -2.15. The molecule has 0 bridgehead atoms. The molecule has 0 amide bonds. The van der Waals surface area contributed by atoms with Crippen LogP contribution in [0.1, 0.15) is 59.9 Å². The Labute approximate surface area is 174 Å². The molecule has 1 N–H and O–H groups in total. The number of aromatic amines is 1. The number of hydrogen-bond donors (Lipinski definition) is 1. The molecule has 29 heavy (non-hydrogen) atoms. The molecule has 0 aliphatic rings. The van der Waals surface area contributed by atoms with Crippen molar-refractivity contribution in [1.82, 2.24) is 9.55 Å². The number of nitrogens with one attached hydrogen (secondary N) is 1. The van der Waals surface area contributed by atoms with Crippen molar-refractivity contribution in [1.29, 1.82) is 0 Å². The highest BCUT2D eigenvalue weighted by Crippen LogP contribution is 2.27. The molecular weight excluding hydrogens is 388 g/mol.